The highest BCUT2D eigenvalue weighted by molar-refractivity contribution is 9.10. The number of fused-ring (bicyclic) bond motifs is 1. The van der Waals surface area contributed by atoms with Gasteiger partial charge >= 0.3 is 0 Å². The molecule has 0 spiro atoms. The van der Waals surface area contributed by atoms with E-state index < -0.39 is 35.7 Å². The zero-order valence-corrected chi connectivity index (χ0v) is 17.0. The Labute approximate surface area is 167 Å². The molecule has 4 nitrogen and oxygen atoms in total. The maximum atomic E-state index is 14.1. The number of benzene rings is 1. The first-order valence-corrected chi connectivity index (χ1v) is 9.99. The van der Waals surface area contributed by atoms with Gasteiger partial charge in [-0.05, 0) is 61.2 Å². The molecule has 9 heteroatoms. The molecule has 28 heavy (non-hydrogen) atoms. The summed E-state index contributed by atoms with van der Waals surface area (Å²) < 4.78 is 57.0. The maximum Gasteiger partial charge on any atom is 0.281 e. The number of halogens is 5. The number of carbonyl (C=O) groups is 1. The Balaban J connectivity index is 1.65. The molecule has 0 bridgehead atoms. The van der Waals surface area contributed by atoms with E-state index in [0.717, 1.165) is 26.2 Å². The Morgan fingerprint density at radius 2 is 2.00 bits per heavy atom. The minimum absolute atomic E-state index is 0.222. The van der Waals surface area contributed by atoms with Crippen LogP contribution in [0.4, 0.5) is 23.5 Å². The summed E-state index contributed by atoms with van der Waals surface area (Å²) in [6.07, 6.45) is 1.65. The highest BCUT2D eigenvalue weighted by Gasteiger charge is 2.66. The van der Waals surface area contributed by atoms with Crippen molar-refractivity contribution in [1.29, 1.82) is 0 Å². The van der Waals surface area contributed by atoms with Crippen LogP contribution < -0.4 is 5.32 Å². The van der Waals surface area contributed by atoms with Crippen LogP contribution in [-0.4, -0.2) is 27.0 Å². The fourth-order valence-corrected chi connectivity index (χ4v) is 4.67. The fraction of sp³-hybridized carbons (Fsp3) is 0.579. The zero-order valence-electron chi connectivity index (χ0n) is 15.5. The average molecular weight is 462 g/mol. The number of anilines is 1. The number of imidazole rings is 1. The second-order valence-corrected chi connectivity index (χ2v) is 9.08. The molecule has 2 fully saturated rings. The Morgan fingerprint density at radius 3 is 2.54 bits per heavy atom. The van der Waals surface area contributed by atoms with E-state index in [2.05, 4.69) is 26.2 Å². The number of alkyl halides is 3. The SMILES string of the molecule is CC1(n2c(NC(=O)CC3CC(F)(F)C3(C)F)nc3ccc(F)c(Br)c32)CCC1. The molecule has 2 aliphatic carbocycles. The number of carbonyl (C=O) groups excluding carboxylic acids is 1. The van der Waals surface area contributed by atoms with Crippen molar-refractivity contribution in [2.75, 3.05) is 5.32 Å². The van der Waals surface area contributed by atoms with Crippen molar-refractivity contribution in [3.8, 4) is 0 Å². The number of nitrogens with zero attached hydrogens (tertiary/aromatic N) is 2. The van der Waals surface area contributed by atoms with Gasteiger partial charge in [0, 0.05) is 24.3 Å². The van der Waals surface area contributed by atoms with Gasteiger partial charge in [-0.1, -0.05) is 0 Å². The first kappa shape index (κ1) is 19.7. The average Bonchev–Trinajstić information content (AvgIpc) is 2.94. The van der Waals surface area contributed by atoms with Crippen LogP contribution in [-0.2, 0) is 10.3 Å². The molecular weight excluding hydrogens is 442 g/mol. The van der Waals surface area contributed by atoms with Gasteiger partial charge < -0.3 is 4.57 Å². The Bertz CT molecular complexity index is 968. The smallest absolute Gasteiger partial charge is 0.281 e. The summed E-state index contributed by atoms with van der Waals surface area (Å²) in [7, 11) is 0. The van der Waals surface area contributed by atoms with E-state index in [1.54, 1.807) is 4.57 Å². The van der Waals surface area contributed by atoms with Crippen molar-refractivity contribution in [3.05, 3.63) is 22.4 Å². The molecule has 1 heterocycles. The maximum absolute atomic E-state index is 14.1. The van der Waals surface area contributed by atoms with Crippen LogP contribution in [0.25, 0.3) is 11.0 Å². The lowest BCUT2D eigenvalue weighted by Crippen LogP contribution is -2.60. The molecule has 2 aliphatic rings. The van der Waals surface area contributed by atoms with Crippen molar-refractivity contribution in [2.24, 2.45) is 5.92 Å². The lowest BCUT2D eigenvalue weighted by Gasteiger charge is -2.47. The summed E-state index contributed by atoms with van der Waals surface area (Å²) in [6.45, 7) is 2.83. The number of rotatable bonds is 4. The van der Waals surface area contributed by atoms with Gasteiger partial charge in [0.2, 0.25) is 11.9 Å². The number of hydrogen-bond donors (Lipinski definition) is 1. The normalized spacial score (nSPS) is 27.9. The third kappa shape index (κ3) is 2.76. The Kier molecular flexibility index (Phi) is 4.34. The standard InChI is InChI=1S/C19H20BrF4N3O/c1-17(6-3-7-17)27-15-12(5-4-11(21)14(15)20)25-16(27)26-13(28)8-10-9-19(23,24)18(10,2)22/h4-5,10H,3,6-9H2,1-2H3,(H,25,26,28). The monoisotopic (exact) mass is 461 g/mol. The molecule has 1 N–H and O–H groups in total. The van der Waals surface area contributed by atoms with Gasteiger partial charge in [-0.3, -0.25) is 10.1 Å². The predicted octanol–water partition coefficient (Wildman–Crippen LogP) is 5.55. The number of nitrogens with one attached hydrogen (secondary N) is 1. The van der Waals surface area contributed by atoms with Crippen LogP contribution >= 0.6 is 15.9 Å². The van der Waals surface area contributed by atoms with Crippen LogP contribution in [0, 0.1) is 11.7 Å². The topological polar surface area (TPSA) is 46.9 Å². The minimum atomic E-state index is -3.41. The number of amides is 1. The van der Waals surface area contributed by atoms with Crippen molar-refractivity contribution in [1.82, 2.24) is 9.55 Å². The predicted molar refractivity (Wildman–Crippen MR) is 101 cm³/mol. The van der Waals surface area contributed by atoms with E-state index in [-0.39, 0.29) is 22.4 Å². The van der Waals surface area contributed by atoms with Crippen molar-refractivity contribution in [2.45, 2.75) is 63.1 Å². The van der Waals surface area contributed by atoms with Gasteiger partial charge in [-0.15, -0.1) is 0 Å². The van der Waals surface area contributed by atoms with Gasteiger partial charge in [0.15, 0.2) is 5.67 Å². The summed E-state index contributed by atoms with van der Waals surface area (Å²) in [5.74, 6) is -5.27. The summed E-state index contributed by atoms with van der Waals surface area (Å²) in [6, 6.07) is 2.80. The third-order valence-electron chi connectivity index (χ3n) is 6.35. The molecule has 2 atom stereocenters. The highest BCUT2D eigenvalue weighted by Crippen LogP contribution is 2.55. The first-order chi connectivity index (χ1) is 13.0. The van der Waals surface area contributed by atoms with E-state index in [9.17, 15) is 22.4 Å². The molecule has 0 aliphatic heterocycles. The van der Waals surface area contributed by atoms with Crippen LogP contribution in [0.1, 0.15) is 46.0 Å². The number of hydrogen-bond acceptors (Lipinski definition) is 2. The molecule has 1 aromatic heterocycles. The lowest BCUT2D eigenvalue weighted by atomic mass is 9.67. The molecule has 1 amide bonds. The van der Waals surface area contributed by atoms with E-state index in [1.807, 2.05) is 6.92 Å². The molecule has 0 saturated heterocycles. The summed E-state index contributed by atoms with van der Waals surface area (Å²) in [5, 5.41) is 2.64. The lowest BCUT2D eigenvalue weighted by molar-refractivity contribution is -0.242. The van der Waals surface area contributed by atoms with Gasteiger partial charge in [-0.25, -0.2) is 22.5 Å². The molecule has 1 aromatic carbocycles. The van der Waals surface area contributed by atoms with Crippen molar-refractivity contribution in [3.63, 3.8) is 0 Å². The second kappa shape index (κ2) is 6.18. The van der Waals surface area contributed by atoms with Gasteiger partial charge in [0.05, 0.1) is 15.5 Å². The molecule has 152 valence electrons. The molecule has 2 aromatic rings. The van der Waals surface area contributed by atoms with E-state index >= 15 is 0 Å². The van der Waals surface area contributed by atoms with Crippen LogP contribution in [0.2, 0.25) is 0 Å². The van der Waals surface area contributed by atoms with E-state index in [1.165, 1.54) is 12.1 Å². The Morgan fingerprint density at radius 1 is 1.32 bits per heavy atom. The van der Waals surface area contributed by atoms with Crippen LogP contribution in [0.5, 0.6) is 0 Å². The number of aromatic nitrogens is 2. The van der Waals surface area contributed by atoms with Crippen LogP contribution in [0.15, 0.2) is 16.6 Å². The van der Waals surface area contributed by atoms with Crippen molar-refractivity contribution >= 4 is 38.8 Å². The van der Waals surface area contributed by atoms with Gasteiger partial charge in [0.1, 0.15) is 5.82 Å². The second-order valence-electron chi connectivity index (χ2n) is 8.28. The summed E-state index contributed by atoms with van der Waals surface area (Å²) >= 11 is 3.26. The molecular formula is C19H20BrF4N3O. The summed E-state index contributed by atoms with van der Waals surface area (Å²) in [4.78, 5) is 16.9. The van der Waals surface area contributed by atoms with E-state index in [0.29, 0.717) is 11.0 Å². The first-order valence-electron chi connectivity index (χ1n) is 9.20. The largest absolute Gasteiger partial charge is 0.303 e. The fourth-order valence-electron chi connectivity index (χ4n) is 4.16. The molecule has 2 unspecified atom stereocenters. The van der Waals surface area contributed by atoms with E-state index in [4.69, 9.17) is 0 Å². The quantitative estimate of drug-likeness (QED) is 0.606. The minimum Gasteiger partial charge on any atom is -0.303 e. The third-order valence-corrected chi connectivity index (χ3v) is 7.10. The summed E-state index contributed by atoms with van der Waals surface area (Å²) in [5.41, 5.74) is -2.01. The molecule has 0 radical (unpaired) electrons. The Hall–Kier alpha value is -1.64. The molecule has 2 saturated carbocycles. The van der Waals surface area contributed by atoms with Gasteiger partial charge in [0.25, 0.3) is 5.92 Å². The van der Waals surface area contributed by atoms with Crippen LogP contribution in [0.3, 0.4) is 0 Å². The highest BCUT2D eigenvalue weighted by atomic mass is 79.9. The zero-order chi connectivity index (χ0) is 20.5. The van der Waals surface area contributed by atoms with Crippen molar-refractivity contribution < 1.29 is 22.4 Å². The molecule has 4 rings (SSSR count). The van der Waals surface area contributed by atoms with Gasteiger partial charge in [-0.2, -0.15) is 0 Å².